The predicted octanol–water partition coefficient (Wildman–Crippen LogP) is 11.0. The molecule has 3 aromatic rings. The molecule has 2 aliphatic rings. The lowest BCUT2D eigenvalue weighted by Gasteiger charge is -2.35. The lowest BCUT2D eigenvalue weighted by molar-refractivity contribution is 0.990. The first-order chi connectivity index (χ1) is 21.3. The van der Waals surface area contributed by atoms with E-state index >= 15 is 0 Å². The van der Waals surface area contributed by atoms with Crippen molar-refractivity contribution < 1.29 is 0 Å². The monoisotopic (exact) mass is 575 g/mol. The van der Waals surface area contributed by atoms with Crippen molar-refractivity contribution in [2.75, 3.05) is 21.2 Å². The van der Waals surface area contributed by atoms with Gasteiger partial charge in [-0.3, -0.25) is 0 Å². The van der Waals surface area contributed by atoms with Crippen LogP contribution in [0, 0.1) is 6.92 Å². The molecule has 0 N–H and O–H groups in total. The lowest BCUT2D eigenvalue weighted by Crippen LogP contribution is -2.27. The average molecular weight is 576 g/mol. The van der Waals surface area contributed by atoms with Crippen LogP contribution in [-0.4, -0.2) is 6.54 Å². The van der Waals surface area contributed by atoms with Crippen LogP contribution in [0.5, 0.6) is 0 Å². The molecule has 4 bridgehead atoms. The molecule has 3 aromatic carbocycles. The Kier molecular flexibility index (Phi) is 8.90. The summed E-state index contributed by atoms with van der Waals surface area (Å²) >= 11 is 0. The van der Waals surface area contributed by atoms with Gasteiger partial charge in [0.05, 0.1) is 23.3 Å². The van der Waals surface area contributed by atoms with Gasteiger partial charge in [-0.2, -0.15) is 0 Å². The number of rotatable bonds is 7. The van der Waals surface area contributed by atoms with Gasteiger partial charge in [-0.1, -0.05) is 98.8 Å². The molecule has 1 aliphatic carbocycles. The van der Waals surface area contributed by atoms with E-state index in [4.69, 9.17) is 0 Å². The molecule has 0 fully saturated rings. The molecule has 0 unspecified atom stereocenters. The summed E-state index contributed by atoms with van der Waals surface area (Å²) in [6, 6.07) is 23.4. The summed E-state index contributed by atoms with van der Waals surface area (Å²) in [5.74, 6) is 0. The second kappa shape index (κ2) is 13.0. The number of allylic oxidation sites excluding steroid dienone is 5. The number of nitrogens with zero attached hydrogens (tertiary/aromatic N) is 3. The van der Waals surface area contributed by atoms with Gasteiger partial charge in [0.2, 0.25) is 0 Å². The van der Waals surface area contributed by atoms with E-state index < -0.39 is 0 Å². The Balaban J connectivity index is 1.89. The molecular weight excluding hydrogens is 534 g/mol. The second-order valence-corrected chi connectivity index (χ2v) is 11.2. The molecule has 220 valence electrons. The Labute approximate surface area is 263 Å². The maximum absolute atomic E-state index is 4.48. The third kappa shape index (κ3) is 5.58. The minimum absolute atomic E-state index is 0.639. The molecular formula is C41H41N3. The molecule has 0 aromatic heterocycles. The zero-order valence-corrected chi connectivity index (χ0v) is 26.4. The van der Waals surface area contributed by atoms with Crippen LogP contribution >= 0.6 is 0 Å². The van der Waals surface area contributed by atoms with Gasteiger partial charge in [0.25, 0.3) is 0 Å². The maximum Gasteiger partial charge on any atom is 0.0533 e. The Bertz CT molecular complexity index is 1820. The van der Waals surface area contributed by atoms with Gasteiger partial charge in [-0.15, -0.1) is 0 Å². The van der Waals surface area contributed by atoms with Gasteiger partial charge >= 0.3 is 0 Å². The van der Waals surface area contributed by atoms with Crippen molar-refractivity contribution in [2.24, 2.45) is 0 Å². The van der Waals surface area contributed by atoms with Crippen LogP contribution in [-0.2, 0) is 0 Å². The van der Waals surface area contributed by atoms with Crippen LogP contribution in [0.4, 0.5) is 22.7 Å². The molecule has 0 atom stereocenters. The fourth-order valence-corrected chi connectivity index (χ4v) is 5.99. The van der Waals surface area contributed by atoms with Crippen molar-refractivity contribution >= 4 is 34.9 Å². The van der Waals surface area contributed by atoms with Gasteiger partial charge in [-0.05, 0) is 91.4 Å². The molecule has 1 aliphatic heterocycles. The highest BCUT2D eigenvalue weighted by molar-refractivity contribution is 5.84. The van der Waals surface area contributed by atoms with E-state index in [9.17, 15) is 0 Å². The number of anilines is 4. The molecule has 0 radical (unpaired) electrons. The van der Waals surface area contributed by atoms with Crippen molar-refractivity contribution in [3.8, 4) is 0 Å². The maximum atomic E-state index is 4.48. The molecule has 0 saturated carbocycles. The van der Waals surface area contributed by atoms with Crippen molar-refractivity contribution in [2.45, 2.75) is 34.1 Å². The van der Waals surface area contributed by atoms with Gasteiger partial charge in [-0.25, -0.2) is 0 Å². The van der Waals surface area contributed by atoms with Crippen LogP contribution < -0.4 is 14.7 Å². The van der Waals surface area contributed by atoms with Gasteiger partial charge in [0.1, 0.15) is 0 Å². The SMILES string of the molecule is C=CC(C)=C=CN1C2=C(C)C(=CC2)N(c2ccccc2C=C)C/C=C(\C(=C)C)N(c2ccccc2C=C)c2cccc1c2C. The van der Waals surface area contributed by atoms with E-state index in [0.29, 0.717) is 6.54 Å². The normalized spacial score (nSPS) is 15.7. The molecule has 5 rings (SSSR count). The van der Waals surface area contributed by atoms with E-state index in [0.717, 1.165) is 62.7 Å². The number of benzene rings is 3. The van der Waals surface area contributed by atoms with Gasteiger partial charge in [0, 0.05) is 35.7 Å². The standard InChI is InChI=1S/C41H41N3/c1-9-30(6)25-27-42-36-21-16-22-39(32(36)8)44(41-20-15-13-18-34(41)11-3)35(29(4)5)26-28-43(38-24-23-37(42)31(38)7)40-19-14-12-17-33(40)10-2/h9-22,24,26-27H,1-4,23,28H2,5-8H3/b35-26+. The average Bonchev–Trinajstić information content (AvgIpc) is 3.41. The third-order valence-corrected chi connectivity index (χ3v) is 8.38. The van der Waals surface area contributed by atoms with Crippen LogP contribution in [0.25, 0.3) is 12.2 Å². The van der Waals surface area contributed by atoms with Crippen LogP contribution in [0.2, 0.25) is 0 Å². The summed E-state index contributed by atoms with van der Waals surface area (Å²) < 4.78 is 0. The molecule has 0 spiro atoms. The summed E-state index contributed by atoms with van der Waals surface area (Å²) in [6.07, 6.45) is 13.2. The molecule has 44 heavy (non-hydrogen) atoms. The number of hydrogen-bond acceptors (Lipinski definition) is 3. The Morgan fingerprint density at radius 1 is 0.773 bits per heavy atom. The van der Waals surface area contributed by atoms with E-state index in [-0.39, 0.29) is 0 Å². The smallest absolute Gasteiger partial charge is 0.0533 e. The highest BCUT2D eigenvalue weighted by atomic mass is 15.2. The number of fused-ring (bicyclic) bond motifs is 3. The number of para-hydroxylation sites is 2. The summed E-state index contributed by atoms with van der Waals surface area (Å²) in [6.45, 7) is 25.9. The first kappa shape index (κ1) is 30.2. The topological polar surface area (TPSA) is 9.72 Å². The summed E-state index contributed by atoms with van der Waals surface area (Å²) in [4.78, 5) is 7.03. The molecule has 0 amide bonds. The number of hydrogen-bond donors (Lipinski definition) is 0. The fraction of sp³-hybridized carbons (Fsp3) is 0.146. The molecule has 3 heteroatoms. The summed E-state index contributed by atoms with van der Waals surface area (Å²) in [5.41, 5.74) is 17.7. The Morgan fingerprint density at radius 3 is 2.05 bits per heavy atom. The van der Waals surface area contributed by atoms with E-state index in [2.05, 4.69) is 153 Å². The summed E-state index contributed by atoms with van der Waals surface area (Å²) in [5, 5.41) is 0. The third-order valence-electron chi connectivity index (χ3n) is 8.38. The van der Waals surface area contributed by atoms with E-state index in [1.54, 1.807) is 0 Å². The zero-order chi connectivity index (χ0) is 31.4. The largest absolute Gasteiger partial charge is 0.337 e. The van der Waals surface area contributed by atoms with Crippen molar-refractivity contribution in [3.05, 3.63) is 174 Å². The van der Waals surface area contributed by atoms with E-state index in [1.165, 1.54) is 17.0 Å². The first-order valence-electron chi connectivity index (χ1n) is 15.0. The molecule has 0 saturated heterocycles. The fourth-order valence-electron chi connectivity index (χ4n) is 5.99. The van der Waals surface area contributed by atoms with Crippen molar-refractivity contribution in [3.63, 3.8) is 0 Å². The minimum Gasteiger partial charge on any atom is -0.337 e. The lowest BCUT2D eigenvalue weighted by atomic mass is 10.0. The Morgan fingerprint density at radius 2 is 1.39 bits per heavy atom. The summed E-state index contributed by atoms with van der Waals surface area (Å²) in [7, 11) is 0. The highest BCUT2D eigenvalue weighted by Gasteiger charge is 2.28. The minimum atomic E-state index is 0.639. The zero-order valence-electron chi connectivity index (χ0n) is 26.4. The van der Waals surface area contributed by atoms with Gasteiger partial charge in [0.15, 0.2) is 0 Å². The second-order valence-electron chi connectivity index (χ2n) is 11.2. The van der Waals surface area contributed by atoms with Crippen LogP contribution in [0.15, 0.2) is 157 Å². The predicted molar refractivity (Wildman–Crippen MR) is 192 cm³/mol. The van der Waals surface area contributed by atoms with Gasteiger partial charge < -0.3 is 14.7 Å². The van der Waals surface area contributed by atoms with Crippen LogP contribution in [0.3, 0.4) is 0 Å². The van der Waals surface area contributed by atoms with Crippen molar-refractivity contribution in [1.82, 2.24) is 0 Å². The van der Waals surface area contributed by atoms with E-state index in [1.807, 2.05) is 25.2 Å². The van der Waals surface area contributed by atoms with Crippen molar-refractivity contribution in [1.29, 1.82) is 0 Å². The quantitative estimate of drug-likeness (QED) is 0.205. The molecule has 3 nitrogen and oxygen atoms in total. The van der Waals surface area contributed by atoms with Crippen LogP contribution in [0.1, 0.15) is 43.9 Å². The highest BCUT2D eigenvalue weighted by Crippen LogP contribution is 2.44. The first-order valence-corrected chi connectivity index (χ1v) is 15.0. The Hall–Kier alpha value is -5.24. The molecule has 1 heterocycles.